The van der Waals surface area contributed by atoms with Crippen LogP contribution in [-0.2, 0) is 14.8 Å². The number of hydrogen-bond donors (Lipinski definition) is 2. The van der Waals surface area contributed by atoms with Crippen LogP contribution in [0.3, 0.4) is 0 Å². The van der Waals surface area contributed by atoms with E-state index in [0.29, 0.717) is 19.0 Å². The van der Waals surface area contributed by atoms with Crippen molar-refractivity contribution in [2.24, 2.45) is 0 Å². The molecule has 0 unspecified atom stereocenters. The Morgan fingerprint density at radius 2 is 2.05 bits per heavy atom. The van der Waals surface area contributed by atoms with Crippen molar-refractivity contribution in [3.8, 4) is 0 Å². The highest BCUT2D eigenvalue weighted by atomic mass is 32.2. The minimum Gasteiger partial charge on any atom is -0.379 e. The Morgan fingerprint density at radius 1 is 1.30 bits per heavy atom. The van der Waals surface area contributed by atoms with Crippen LogP contribution in [0.25, 0.3) is 0 Å². The maximum atomic E-state index is 12.0. The molecule has 1 rings (SSSR count). The molecule has 0 saturated carbocycles. The average Bonchev–Trinajstić information content (AvgIpc) is 2.42. The van der Waals surface area contributed by atoms with Crippen molar-refractivity contribution >= 4 is 15.8 Å². The molecule has 20 heavy (non-hydrogen) atoms. The summed E-state index contributed by atoms with van der Waals surface area (Å²) in [6.07, 6.45) is 3.13. The lowest BCUT2D eigenvalue weighted by Crippen LogP contribution is -2.25. The first-order valence-electron chi connectivity index (χ1n) is 6.71. The third-order valence-corrected chi connectivity index (χ3v) is 4.06. The molecule has 0 spiro atoms. The Bertz CT molecular complexity index is 486. The summed E-state index contributed by atoms with van der Waals surface area (Å²) >= 11 is 0. The van der Waals surface area contributed by atoms with Crippen molar-refractivity contribution in [2.45, 2.75) is 37.7 Å². The molecule has 0 saturated heterocycles. The predicted molar refractivity (Wildman–Crippen MR) is 79.3 cm³/mol. The Hall–Kier alpha value is -1.18. The number of nitrogens with zero attached hydrogens (tertiary/aromatic N) is 1. The largest absolute Gasteiger partial charge is 0.379 e. The fraction of sp³-hybridized carbons (Fsp3) is 0.615. The molecule has 6 nitrogen and oxygen atoms in total. The summed E-state index contributed by atoms with van der Waals surface area (Å²) in [5, 5.41) is 2.84. The molecule has 2 N–H and O–H groups in total. The summed E-state index contributed by atoms with van der Waals surface area (Å²) in [6.45, 7) is 5.00. The molecule has 0 bridgehead atoms. The van der Waals surface area contributed by atoms with Gasteiger partial charge >= 0.3 is 0 Å². The quantitative estimate of drug-likeness (QED) is 0.677. The first kappa shape index (κ1) is 16.9. The van der Waals surface area contributed by atoms with Crippen LogP contribution in [0.5, 0.6) is 0 Å². The molecule has 0 radical (unpaired) electrons. The van der Waals surface area contributed by atoms with Crippen LogP contribution >= 0.6 is 0 Å². The molecule has 0 aromatic carbocycles. The summed E-state index contributed by atoms with van der Waals surface area (Å²) in [5.74, 6) is 0.634. The number of rotatable bonds is 9. The topological polar surface area (TPSA) is 80.3 Å². The van der Waals surface area contributed by atoms with E-state index in [-0.39, 0.29) is 11.0 Å². The first-order valence-corrected chi connectivity index (χ1v) is 8.19. The van der Waals surface area contributed by atoms with Crippen LogP contribution in [-0.4, -0.2) is 39.7 Å². The van der Waals surface area contributed by atoms with E-state index in [1.54, 1.807) is 13.1 Å². The van der Waals surface area contributed by atoms with E-state index in [4.69, 9.17) is 4.74 Å². The number of pyridine rings is 1. The second-order valence-electron chi connectivity index (χ2n) is 4.65. The summed E-state index contributed by atoms with van der Waals surface area (Å²) in [7, 11) is -1.74. The van der Waals surface area contributed by atoms with Crippen LogP contribution in [0.1, 0.15) is 26.7 Å². The third kappa shape index (κ3) is 5.85. The minimum absolute atomic E-state index is 0.176. The zero-order chi connectivity index (χ0) is 15.0. The number of unbranched alkanes of at least 4 members (excludes halogenated alkanes) is 1. The van der Waals surface area contributed by atoms with E-state index < -0.39 is 10.0 Å². The average molecular weight is 301 g/mol. The summed E-state index contributed by atoms with van der Waals surface area (Å²) in [5.41, 5.74) is 0. The van der Waals surface area contributed by atoms with Gasteiger partial charge in [0.1, 0.15) is 10.7 Å². The summed E-state index contributed by atoms with van der Waals surface area (Å²) in [4.78, 5) is 4.17. The van der Waals surface area contributed by atoms with Crippen LogP contribution in [0.4, 0.5) is 5.82 Å². The second-order valence-corrected chi connectivity index (χ2v) is 6.42. The molecule has 7 heteroatoms. The summed E-state index contributed by atoms with van der Waals surface area (Å²) in [6, 6.07) is 3.16. The zero-order valence-electron chi connectivity index (χ0n) is 12.2. The summed E-state index contributed by atoms with van der Waals surface area (Å²) < 4.78 is 31.9. The highest BCUT2D eigenvalue weighted by molar-refractivity contribution is 7.89. The van der Waals surface area contributed by atoms with Crippen molar-refractivity contribution in [2.75, 3.05) is 25.5 Å². The fourth-order valence-corrected chi connectivity index (χ4v) is 2.54. The normalized spacial score (nSPS) is 11.8. The third-order valence-electron chi connectivity index (χ3n) is 2.62. The van der Waals surface area contributed by atoms with Crippen molar-refractivity contribution in [3.63, 3.8) is 0 Å². The zero-order valence-corrected chi connectivity index (χ0v) is 13.0. The molecular weight excluding hydrogens is 278 g/mol. The van der Waals surface area contributed by atoms with E-state index in [0.717, 1.165) is 12.8 Å². The van der Waals surface area contributed by atoms with Crippen molar-refractivity contribution in [1.29, 1.82) is 0 Å². The molecule has 1 aromatic heterocycles. The smallest absolute Gasteiger partial charge is 0.242 e. The van der Waals surface area contributed by atoms with E-state index >= 15 is 0 Å². The van der Waals surface area contributed by atoms with Gasteiger partial charge in [-0.15, -0.1) is 0 Å². The van der Waals surface area contributed by atoms with Gasteiger partial charge in [0.15, 0.2) is 0 Å². The van der Waals surface area contributed by atoms with Gasteiger partial charge in [0.2, 0.25) is 10.0 Å². The van der Waals surface area contributed by atoms with Crippen LogP contribution in [0.15, 0.2) is 23.2 Å². The number of nitrogens with one attached hydrogen (secondary N) is 2. The van der Waals surface area contributed by atoms with Gasteiger partial charge in [-0.2, -0.15) is 0 Å². The molecule has 0 fully saturated rings. The molecule has 0 atom stereocenters. The number of aromatic nitrogens is 1. The monoisotopic (exact) mass is 301 g/mol. The molecule has 0 aliphatic heterocycles. The van der Waals surface area contributed by atoms with Gasteiger partial charge in [0.25, 0.3) is 0 Å². The molecule has 114 valence electrons. The van der Waals surface area contributed by atoms with Gasteiger partial charge in [-0.25, -0.2) is 18.1 Å². The Morgan fingerprint density at radius 3 is 2.60 bits per heavy atom. The lowest BCUT2D eigenvalue weighted by Gasteiger charge is -2.08. The molecular formula is C13H23N3O3S. The molecule has 0 aliphatic rings. The SMILES string of the molecule is CNc1ccc(S(=O)(=O)NCCCCOC(C)C)cn1. The molecule has 1 heterocycles. The maximum absolute atomic E-state index is 12.0. The van der Waals surface area contributed by atoms with Gasteiger partial charge in [-0.3, -0.25) is 0 Å². The number of ether oxygens (including phenoxy) is 1. The highest BCUT2D eigenvalue weighted by Gasteiger charge is 2.13. The van der Waals surface area contributed by atoms with Gasteiger partial charge in [-0.1, -0.05) is 0 Å². The van der Waals surface area contributed by atoms with Crippen molar-refractivity contribution in [3.05, 3.63) is 18.3 Å². The Kier molecular flexibility index (Phi) is 6.90. The predicted octanol–water partition coefficient (Wildman–Crippen LogP) is 1.61. The number of hydrogen-bond acceptors (Lipinski definition) is 5. The van der Waals surface area contributed by atoms with Gasteiger partial charge < -0.3 is 10.1 Å². The number of anilines is 1. The molecule has 1 aromatic rings. The van der Waals surface area contributed by atoms with Gasteiger partial charge in [0, 0.05) is 26.4 Å². The van der Waals surface area contributed by atoms with Crippen LogP contribution in [0.2, 0.25) is 0 Å². The Balaban J connectivity index is 2.37. The fourth-order valence-electron chi connectivity index (χ4n) is 1.52. The molecule has 0 amide bonds. The lowest BCUT2D eigenvalue weighted by atomic mass is 10.3. The van der Waals surface area contributed by atoms with E-state index in [1.807, 2.05) is 13.8 Å². The van der Waals surface area contributed by atoms with E-state index in [1.165, 1.54) is 12.3 Å². The second kappa shape index (κ2) is 8.18. The number of sulfonamides is 1. The van der Waals surface area contributed by atoms with Crippen LogP contribution < -0.4 is 10.0 Å². The molecule has 0 aliphatic carbocycles. The Labute approximate surface area is 121 Å². The van der Waals surface area contributed by atoms with Gasteiger partial charge in [0.05, 0.1) is 6.10 Å². The minimum atomic E-state index is -3.47. The standard InChI is InChI=1S/C13H23N3O3S/c1-11(2)19-9-5-4-8-16-20(17,18)12-6-7-13(14-3)15-10-12/h6-7,10-11,16H,4-5,8-9H2,1-3H3,(H,14,15). The van der Waals surface area contributed by atoms with E-state index in [2.05, 4.69) is 15.0 Å². The van der Waals surface area contributed by atoms with Gasteiger partial charge in [-0.05, 0) is 38.8 Å². The van der Waals surface area contributed by atoms with Crippen molar-refractivity contribution in [1.82, 2.24) is 9.71 Å². The lowest BCUT2D eigenvalue weighted by molar-refractivity contribution is 0.0762. The highest BCUT2D eigenvalue weighted by Crippen LogP contribution is 2.10. The first-order chi connectivity index (χ1) is 9.45. The van der Waals surface area contributed by atoms with Crippen LogP contribution in [0, 0.1) is 0 Å². The van der Waals surface area contributed by atoms with E-state index in [9.17, 15) is 8.42 Å². The maximum Gasteiger partial charge on any atom is 0.242 e. The van der Waals surface area contributed by atoms with Crippen molar-refractivity contribution < 1.29 is 13.2 Å².